The maximum atomic E-state index is 12.5. The summed E-state index contributed by atoms with van der Waals surface area (Å²) in [5.74, 6) is -0.936. The fraction of sp³-hybridized carbons (Fsp3) is 0.308. The maximum absolute atomic E-state index is 12.5. The van der Waals surface area contributed by atoms with Gasteiger partial charge in [0.1, 0.15) is 17.4 Å². The number of benzene rings is 2. The lowest BCUT2D eigenvalue weighted by Crippen LogP contribution is -2.43. The molecule has 9 nitrogen and oxygen atoms in total. The van der Waals surface area contributed by atoms with E-state index in [-0.39, 0.29) is 31.2 Å². The zero-order valence-electron chi connectivity index (χ0n) is 19.8. The number of methoxy groups -OCH3 is 2. The van der Waals surface area contributed by atoms with E-state index in [1.807, 2.05) is 37.3 Å². The van der Waals surface area contributed by atoms with Gasteiger partial charge in [-0.05, 0) is 30.2 Å². The summed E-state index contributed by atoms with van der Waals surface area (Å²) in [4.78, 5) is 49.3. The monoisotopic (exact) mass is 480 g/mol. The number of hydrogen-bond acceptors (Lipinski definition) is 7. The zero-order chi connectivity index (χ0) is 25.4. The van der Waals surface area contributed by atoms with Gasteiger partial charge in [-0.1, -0.05) is 30.3 Å². The van der Waals surface area contributed by atoms with E-state index >= 15 is 0 Å². The van der Waals surface area contributed by atoms with E-state index in [0.717, 1.165) is 5.56 Å². The Hall–Kier alpha value is -4.14. The van der Waals surface area contributed by atoms with Crippen LogP contribution in [-0.4, -0.2) is 38.0 Å². The van der Waals surface area contributed by atoms with Crippen molar-refractivity contribution in [1.29, 1.82) is 0 Å². The molecule has 0 fully saturated rings. The fourth-order valence-corrected chi connectivity index (χ4v) is 3.69. The first-order chi connectivity index (χ1) is 16.8. The molecule has 3 aromatic rings. The third kappa shape index (κ3) is 6.92. The van der Waals surface area contributed by atoms with Gasteiger partial charge >= 0.3 is 11.6 Å². The Bertz CT molecular complexity index is 1250. The van der Waals surface area contributed by atoms with Gasteiger partial charge in [-0.3, -0.25) is 9.59 Å². The van der Waals surface area contributed by atoms with Crippen LogP contribution in [0.25, 0.3) is 11.0 Å². The van der Waals surface area contributed by atoms with Crippen molar-refractivity contribution in [1.82, 2.24) is 10.6 Å². The zero-order valence-corrected chi connectivity index (χ0v) is 19.8. The first kappa shape index (κ1) is 25.5. The largest absolute Gasteiger partial charge is 0.497 e. The van der Waals surface area contributed by atoms with Gasteiger partial charge in [0.25, 0.3) is 0 Å². The molecule has 2 aromatic carbocycles. The summed E-state index contributed by atoms with van der Waals surface area (Å²) in [5, 5.41) is 6.06. The predicted molar refractivity (Wildman–Crippen MR) is 129 cm³/mol. The van der Waals surface area contributed by atoms with Crippen LogP contribution in [0.2, 0.25) is 0 Å². The van der Waals surface area contributed by atoms with Gasteiger partial charge in [-0.25, -0.2) is 9.59 Å². The summed E-state index contributed by atoms with van der Waals surface area (Å²) in [6.07, 6.45) is -0.158. The van der Waals surface area contributed by atoms with Crippen molar-refractivity contribution in [3.8, 4) is 5.75 Å². The van der Waals surface area contributed by atoms with E-state index in [9.17, 15) is 19.2 Å². The Morgan fingerprint density at radius 3 is 2.29 bits per heavy atom. The lowest BCUT2D eigenvalue weighted by molar-refractivity contribution is -0.145. The molecule has 1 heterocycles. The highest BCUT2D eigenvalue weighted by Gasteiger charge is 2.24. The van der Waals surface area contributed by atoms with Crippen LogP contribution >= 0.6 is 0 Å². The van der Waals surface area contributed by atoms with Crippen LogP contribution in [-0.2, 0) is 25.5 Å². The second-order valence-electron chi connectivity index (χ2n) is 8.00. The van der Waals surface area contributed by atoms with Crippen LogP contribution in [0, 0.1) is 0 Å². The van der Waals surface area contributed by atoms with E-state index in [1.165, 1.54) is 20.3 Å². The molecule has 0 spiro atoms. The topological polar surface area (TPSA) is 124 Å². The standard InChI is InChI=1S/C26H28N2O7/c1-16(17-7-5-4-6-8-17)27-23(29)11-12-24(30)28-21(26(32)34-3)13-18-14-25(31)35-22-15-19(33-2)9-10-20(18)22/h4-10,14-16,21H,11-13H2,1-3H3,(H,27,29)(H,28,30)/t16-,21+/m1/s1. The summed E-state index contributed by atoms with van der Waals surface area (Å²) in [5.41, 5.74) is 1.16. The van der Waals surface area contributed by atoms with Gasteiger partial charge in [0.15, 0.2) is 0 Å². The molecule has 0 unspecified atom stereocenters. The number of esters is 1. The molecule has 0 aliphatic carbocycles. The smallest absolute Gasteiger partial charge is 0.336 e. The molecule has 0 aliphatic heterocycles. The van der Waals surface area contributed by atoms with Crippen molar-refractivity contribution < 1.29 is 28.3 Å². The van der Waals surface area contributed by atoms with E-state index in [2.05, 4.69) is 10.6 Å². The van der Waals surface area contributed by atoms with Gasteiger partial charge in [0.2, 0.25) is 11.8 Å². The molecule has 1 aromatic heterocycles. The Balaban J connectivity index is 1.65. The molecule has 9 heteroatoms. The first-order valence-corrected chi connectivity index (χ1v) is 11.1. The fourth-order valence-electron chi connectivity index (χ4n) is 3.69. The van der Waals surface area contributed by atoms with Crippen molar-refractivity contribution in [2.75, 3.05) is 14.2 Å². The Kier molecular flexibility index (Phi) is 8.61. The molecule has 35 heavy (non-hydrogen) atoms. The number of carbonyl (C=O) groups excluding carboxylic acids is 3. The van der Waals surface area contributed by atoms with Crippen molar-refractivity contribution in [3.05, 3.63) is 76.1 Å². The summed E-state index contributed by atoms with van der Waals surface area (Å²) in [6.45, 7) is 1.86. The second-order valence-corrected chi connectivity index (χ2v) is 8.00. The van der Waals surface area contributed by atoms with E-state index < -0.39 is 23.5 Å². The number of amides is 2. The maximum Gasteiger partial charge on any atom is 0.336 e. The molecule has 0 bridgehead atoms. The summed E-state index contributed by atoms with van der Waals surface area (Å²) in [7, 11) is 2.71. The summed E-state index contributed by atoms with van der Waals surface area (Å²) < 4.78 is 15.2. The highest BCUT2D eigenvalue weighted by molar-refractivity contribution is 5.88. The van der Waals surface area contributed by atoms with E-state index in [1.54, 1.807) is 18.2 Å². The van der Waals surface area contributed by atoms with E-state index in [0.29, 0.717) is 22.3 Å². The molecule has 2 N–H and O–H groups in total. The number of fused-ring (bicyclic) bond motifs is 1. The van der Waals surface area contributed by atoms with Gasteiger partial charge in [-0.15, -0.1) is 0 Å². The highest BCUT2D eigenvalue weighted by Crippen LogP contribution is 2.23. The lowest BCUT2D eigenvalue weighted by atomic mass is 10.0. The number of carbonyl (C=O) groups is 3. The molecule has 0 saturated carbocycles. The molecule has 0 saturated heterocycles. The molecular formula is C26H28N2O7. The highest BCUT2D eigenvalue weighted by atomic mass is 16.5. The normalized spacial score (nSPS) is 12.4. The van der Waals surface area contributed by atoms with Gasteiger partial charge in [0, 0.05) is 36.8 Å². The molecule has 0 aliphatic rings. The van der Waals surface area contributed by atoms with E-state index in [4.69, 9.17) is 13.9 Å². The Labute approximate surface area is 202 Å². The van der Waals surface area contributed by atoms with Crippen molar-refractivity contribution in [2.45, 2.75) is 38.3 Å². The van der Waals surface area contributed by atoms with Crippen LogP contribution in [0.15, 0.2) is 63.8 Å². The summed E-state index contributed by atoms with van der Waals surface area (Å²) in [6, 6.07) is 14.5. The number of ether oxygens (including phenoxy) is 2. The predicted octanol–water partition coefficient (Wildman–Crippen LogP) is 2.66. The van der Waals surface area contributed by atoms with Gasteiger partial charge in [-0.2, -0.15) is 0 Å². The third-order valence-corrected chi connectivity index (χ3v) is 5.54. The van der Waals surface area contributed by atoms with Crippen molar-refractivity contribution >= 4 is 28.8 Å². The average Bonchev–Trinajstić information content (AvgIpc) is 2.86. The molecule has 0 radical (unpaired) electrons. The van der Waals surface area contributed by atoms with Crippen LogP contribution in [0.4, 0.5) is 0 Å². The minimum absolute atomic E-state index is 0.00405. The molecule has 3 rings (SSSR count). The minimum Gasteiger partial charge on any atom is -0.497 e. The van der Waals surface area contributed by atoms with Gasteiger partial charge < -0.3 is 24.5 Å². The van der Waals surface area contributed by atoms with Gasteiger partial charge in [0.05, 0.1) is 20.3 Å². The molecular weight excluding hydrogens is 452 g/mol. The number of nitrogens with one attached hydrogen (secondary N) is 2. The van der Waals surface area contributed by atoms with Crippen LogP contribution in [0.3, 0.4) is 0 Å². The first-order valence-electron chi connectivity index (χ1n) is 11.1. The SMILES string of the molecule is COC(=O)[C@H](Cc1cc(=O)oc2cc(OC)ccc12)NC(=O)CCC(=O)N[C@H](C)c1ccccc1. The average molecular weight is 481 g/mol. The van der Waals surface area contributed by atoms with Crippen LogP contribution in [0.1, 0.15) is 36.9 Å². The second kappa shape index (κ2) is 11.8. The molecule has 2 atom stereocenters. The minimum atomic E-state index is -1.05. The number of rotatable bonds is 10. The van der Waals surface area contributed by atoms with Crippen LogP contribution < -0.4 is 21.0 Å². The quantitative estimate of drug-likeness (QED) is 0.338. The molecule has 2 amide bonds. The van der Waals surface area contributed by atoms with Crippen molar-refractivity contribution in [2.24, 2.45) is 0 Å². The number of hydrogen-bond donors (Lipinski definition) is 2. The molecule has 184 valence electrons. The third-order valence-electron chi connectivity index (χ3n) is 5.54. The Morgan fingerprint density at radius 1 is 0.943 bits per heavy atom. The van der Waals surface area contributed by atoms with Crippen LogP contribution in [0.5, 0.6) is 5.75 Å². The Morgan fingerprint density at radius 2 is 1.63 bits per heavy atom. The summed E-state index contributed by atoms with van der Waals surface area (Å²) >= 11 is 0. The van der Waals surface area contributed by atoms with Crippen molar-refractivity contribution in [3.63, 3.8) is 0 Å². The lowest BCUT2D eigenvalue weighted by Gasteiger charge is -2.18.